The minimum atomic E-state index is -1.39. The first-order valence-corrected chi connectivity index (χ1v) is 9.91. The number of rotatable bonds is 8. The molecule has 0 atom stereocenters. The molecule has 0 saturated carbocycles. The first kappa shape index (κ1) is 20.9. The maximum Gasteiger partial charge on any atom is 0.341 e. The third-order valence-corrected chi connectivity index (χ3v) is 4.86. The quantitative estimate of drug-likeness (QED) is 0.460. The highest BCUT2D eigenvalue weighted by Crippen LogP contribution is 2.15. The topological polar surface area (TPSA) is 99.2 Å². The van der Waals surface area contributed by atoms with E-state index < -0.39 is 22.5 Å². The number of fused-ring (bicyclic) bond motifs is 1. The second-order valence-corrected chi connectivity index (χ2v) is 6.99. The molecule has 0 amide bonds. The summed E-state index contributed by atoms with van der Waals surface area (Å²) in [5.41, 5.74) is -1.06. The molecule has 4 rings (SSSR count). The molecule has 8 heteroatoms. The van der Waals surface area contributed by atoms with Crippen LogP contribution in [0.4, 0.5) is 0 Å². The van der Waals surface area contributed by atoms with Gasteiger partial charge in [-0.3, -0.25) is 9.59 Å². The predicted octanol–water partition coefficient (Wildman–Crippen LogP) is 2.82. The van der Waals surface area contributed by atoms with Crippen LogP contribution in [0.2, 0.25) is 0 Å². The Hall–Kier alpha value is -4.33. The van der Waals surface area contributed by atoms with E-state index in [0.717, 1.165) is 11.8 Å². The van der Waals surface area contributed by atoms with Crippen LogP contribution in [0.15, 0.2) is 88.8 Å². The summed E-state index contributed by atoms with van der Waals surface area (Å²) in [4.78, 5) is 37.5. The van der Waals surface area contributed by atoms with Crippen molar-refractivity contribution in [3.63, 3.8) is 0 Å². The zero-order valence-electron chi connectivity index (χ0n) is 17.0. The molecule has 2 heterocycles. The number of benzene rings is 2. The zero-order valence-corrected chi connectivity index (χ0v) is 17.0. The second kappa shape index (κ2) is 9.22. The summed E-state index contributed by atoms with van der Waals surface area (Å²) in [6, 6.07) is 18.3. The van der Waals surface area contributed by atoms with Crippen molar-refractivity contribution in [2.45, 2.75) is 13.2 Å². The van der Waals surface area contributed by atoms with Crippen molar-refractivity contribution in [2.24, 2.45) is 0 Å². The molecule has 0 unspecified atom stereocenters. The van der Waals surface area contributed by atoms with Crippen molar-refractivity contribution in [3.8, 4) is 11.5 Å². The number of para-hydroxylation sites is 1. The smallest absolute Gasteiger partial charge is 0.341 e. The van der Waals surface area contributed by atoms with E-state index >= 15 is 0 Å². The Morgan fingerprint density at radius 2 is 1.59 bits per heavy atom. The fourth-order valence-electron chi connectivity index (χ4n) is 3.26. The fraction of sp³-hybridized carbons (Fsp3) is 0.125. The third-order valence-electron chi connectivity index (χ3n) is 4.86. The predicted molar refractivity (Wildman–Crippen MR) is 118 cm³/mol. The number of nitrogens with zero attached hydrogens (tertiary/aromatic N) is 2. The highest BCUT2D eigenvalue weighted by molar-refractivity contribution is 5.88. The lowest BCUT2D eigenvalue weighted by atomic mass is 10.2. The maximum atomic E-state index is 13.2. The number of ether oxygens (including phenoxy) is 2. The maximum absolute atomic E-state index is 13.2. The molecule has 2 aromatic heterocycles. The van der Waals surface area contributed by atoms with Gasteiger partial charge in [0.05, 0.1) is 6.54 Å². The molecule has 0 aliphatic heterocycles. The standard InChI is InChI=1S/C24H20N2O6/c27-21-19(24(29)30)15-26-12-11-25(13-14-31-18-9-5-2-6-10-18)23(28)20(26)22(21)32-16-17-7-3-1-4-8-17/h1-12,15H,13-14,16H2,(H,29,30). The molecule has 0 radical (unpaired) electrons. The Bertz CT molecular complexity index is 1360. The lowest BCUT2D eigenvalue weighted by molar-refractivity contribution is 0.0694. The van der Waals surface area contributed by atoms with Gasteiger partial charge in [-0.25, -0.2) is 4.79 Å². The van der Waals surface area contributed by atoms with Gasteiger partial charge in [0, 0.05) is 18.6 Å². The van der Waals surface area contributed by atoms with E-state index in [1.165, 1.54) is 21.4 Å². The van der Waals surface area contributed by atoms with Gasteiger partial charge in [0.15, 0.2) is 11.3 Å². The second-order valence-electron chi connectivity index (χ2n) is 6.99. The molecule has 8 nitrogen and oxygen atoms in total. The summed E-state index contributed by atoms with van der Waals surface area (Å²) in [6.45, 7) is 0.481. The van der Waals surface area contributed by atoms with Crippen molar-refractivity contribution in [3.05, 3.63) is 111 Å². The van der Waals surface area contributed by atoms with Crippen LogP contribution < -0.4 is 20.5 Å². The minimum Gasteiger partial charge on any atom is -0.492 e. The summed E-state index contributed by atoms with van der Waals surface area (Å²) in [7, 11) is 0. The first-order chi connectivity index (χ1) is 15.5. The van der Waals surface area contributed by atoms with Gasteiger partial charge >= 0.3 is 5.97 Å². The van der Waals surface area contributed by atoms with Crippen molar-refractivity contribution >= 4 is 11.5 Å². The van der Waals surface area contributed by atoms with Crippen LogP contribution >= 0.6 is 0 Å². The number of hydrogen-bond acceptors (Lipinski definition) is 5. The molecule has 32 heavy (non-hydrogen) atoms. The molecule has 0 spiro atoms. The van der Waals surface area contributed by atoms with Gasteiger partial charge in [0.25, 0.3) is 5.56 Å². The van der Waals surface area contributed by atoms with E-state index in [9.17, 15) is 19.5 Å². The molecule has 162 valence electrons. The summed E-state index contributed by atoms with van der Waals surface area (Å²) < 4.78 is 14.0. The van der Waals surface area contributed by atoms with Crippen molar-refractivity contribution in [1.82, 2.24) is 8.97 Å². The molecule has 2 aromatic carbocycles. The normalized spacial score (nSPS) is 10.8. The molecule has 0 saturated heterocycles. The Balaban J connectivity index is 1.70. The Kier molecular flexibility index (Phi) is 6.03. The zero-order chi connectivity index (χ0) is 22.5. The molecule has 1 N–H and O–H groups in total. The highest BCUT2D eigenvalue weighted by Gasteiger charge is 2.20. The minimum absolute atomic E-state index is 0.0142. The van der Waals surface area contributed by atoms with Crippen LogP contribution in [0.1, 0.15) is 15.9 Å². The number of aromatic carboxylic acids is 1. The van der Waals surface area contributed by atoms with E-state index in [0.29, 0.717) is 5.75 Å². The van der Waals surface area contributed by atoms with Gasteiger partial charge in [-0.1, -0.05) is 48.5 Å². The van der Waals surface area contributed by atoms with E-state index in [-0.39, 0.29) is 31.0 Å². The SMILES string of the molecule is O=C(O)c1cn2ccn(CCOc3ccccc3)c(=O)c2c(OCc2ccccc2)c1=O. The summed E-state index contributed by atoms with van der Waals surface area (Å²) in [6.07, 6.45) is 4.16. The van der Waals surface area contributed by atoms with Crippen LogP contribution in [-0.2, 0) is 13.2 Å². The van der Waals surface area contributed by atoms with E-state index in [2.05, 4.69) is 0 Å². The van der Waals surface area contributed by atoms with Crippen molar-refractivity contribution in [1.29, 1.82) is 0 Å². The number of carboxylic acids is 1. The number of carboxylic acid groups (broad SMARTS) is 1. The fourth-order valence-corrected chi connectivity index (χ4v) is 3.26. The number of aromatic nitrogens is 2. The molecule has 0 aliphatic carbocycles. The average Bonchev–Trinajstić information content (AvgIpc) is 2.81. The molecule has 4 aromatic rings. The van der Waals surface area contributed by atoms with Crippen LogP contribution in [0.3, 0.4) is 0 Å². The molecule has 0 fully saturated rings. The van der Waals surface area contributed by atoms with Crippen LogP contribution in [-0.4, -0.2) is 26.7 Å². The Labute approximate surface area is 182 Å². The van der Waals surface area contributed by atoms with Crippen LogP contribution in [0, 0.1) is 0 Å². The monoisotopic (exact) mass is 432 g/mol. The summed E-state index contributed by atoms with van der Waals surface area (Å²) in [5.74, 6) is -1.01. The van der Waals surface area contributed by atoms with Gasteiger partial charge in [-0.15, -0.1) is 0 Å². The van der Waals surface area contributed by atoms with Gasteiger partial charge < -0.3 is 23.5 Å². The van der Waals surface area contributed by atoms with Gasteiger partial charge in [0.1, 0.15) is 24.5 Å². The Morgan fingerprint density at radius 3 is 2.28 bits per heavy atom. The van der Waals surface area contributed by atoms with Crippen LogP contribution in [0.25, 0.3) is 5.52 Å². The Morgan fingerprint density at radius 1 is 0.906 bits per heavy atom. The van der Waals surface area contributed by atoms with Crippen molar-refractivity contribution in [2.75, 3.05) is 6.61 Å². The average molecular weight is 432 g/mol. The largest absolute Gasteiger partial charge is 0.492 e. The van der Waals surface area contributed by atoms with Crippen molar-refractivity contribution < 1.29 is 19.4 Å². The van der Waals surface area contributed by atoms with E-state index in [1.807, 2.05) is 48.5 Å². The number of hydrogen-bond donors (Lipinski definition) is 1. The number of carbonyl (C=O) groups is 1. The van der Waals surface area contributed by atoms with Gasteiger partial charge in [-0.2, -0.15) is 0 Å². The lowest BCUT2D eigenvalue weighted by Crippen LogP contribution is -2.28. The first-order valence-electron chi connectivity index (χ1n) is 9.91. The summed E-state index contributed by atoms with van der Waals surface area (Å²) >= 11 is 0. The van der Waals surface area contributed by atoms with Crippen LogP contribution in [0.5, 0.6) is 11.5 Å². The molecular formula is C24H20N2O6. The summed E-state index contributed by atoms with van der Waals surface area (Å²) in [5, 5.41) is 9.41. The van der Waals surface area contributed by atoms with E-state index in [4.69, 9.17) is 9.47 Å². The van der Waals surface area contributed by atoms with Gasteiger partial charge in [-0.05, 0) is 17.7 Å². The molecule has 0 aliphatic rings. The highest BCUT2D eigenvalue weighted by atomic mass is 16.5. The third kappa shape index (κ3) is 4.39. The van der Waals surface area contributed by atoms with E-state index in [1.54, 1.807) is 12.1 Å². The molecule has 0 bridgehead atoms. The number of pyridine rings is 1. The van der Waals surface area contributed by atoms with Gasteiger partial charge in [0.2, 0.25) is 5.43 Å². The molecular weight excluding hydrogens is 412 g/mol. The lowest BCUT2D eigenvalue weighted by Gasteiger charge is -2.13.